The van der Waals surface area contributed by atoms with Gasteiger partial charge in [0.1, 0.15) is 0 Å². The number of carbonyl (C=O) groups is 1. The standard InChI is InChI=1S/C12H19N3O/c1-9(2)6-11(12(13)16)15-8-10-4-3-5-14-7-10/h3-5,7,9,11,15H,6,8H2,1-2H3,(H2,13,16). The predicted molar refractivity (Wildman–Crippen MR) is 63.5 cm³/mol. The fourth-order valence-electron chi connectivity index (χ4n) is 1.52. The molecule has 88 valence electrons. The van der Waals surface area contributed by atoms with Gasteiger partial charge >= 0.3 is 0 Å². The monoisotopic (exact) mass is 221 g/mol. The maximum atomic E-state index is 11.2. The molecule has 1 amide bonds. The third kappa shape index (κ3) is 4.40. The first-order valence-corrected chi connectivity index (χ1v) is 5.51. The van der Waals surface area contributed by atoms with Crippen LogP contribution in [0.15, 0.2) is 24.5 Å². The van der Waals surface area contributed by atoms with Crippen molar-refractivity contribution in [3.63, 3.8) is 0 Å². The minimum atomic E-state index is -0.294. The van der Waals surface area contributed by atoms with E-state index in [2.05, 4.69) is 24.1 Å². The number of nitrogens with one attached hydrogen (secondary N) is 1. The third-order valence-electron chi connectivity index (χ3n) is 2.33. The summed E-state index contributed by atoms with van der Waals surface area (Å²) in [6, 6.07) is 3.58. The Morgan fingerprint density at radius 3 is 2.81 bits per heavy atom. The second-order valence-corrected chi connectivity index (χ2v) is 4.33. The van der Waals surface area contributed by atoms with E-state index in [1.807, 2.05) is 12.1 Å². The number of nitrogens with two attached hydrogens (primary N) is 1. The first kappa shape index (κ1) is 12.6. The van der Waals surface area contributed by atoms with Crippen molar-refractivity contribution in [1.29, 1.82) is 0 Å². The van der Waals surface area contributed by atoms with Crippen molar-refractivity contribution in [3.05, 3.63) is 30.1 Å². The van der Waals surface area contributed by atoms with Crippen LogP contribution in [0.4, 0.5) is 0 Å². The summed E-state index contributed by atoms with van der Waals surface area (Å²) in [6.07, 6.45) is 4.26. The smallest absolute Gasteiger partial charge is 0.234 e. The lowest BCUT2D eigenvalue weighted by atomic mass is 10.0. The van der Waals surface area contributed by atoms with Gasteiger partial charge in [0.2, 0.25) is 5.91 Å². The molecule has 16 heavy (non-hydrogen) atoms. The van der Waals surface area contributed by atoms with Crippen LogP contribution < -0.4 is 11.1 Å². The van der Waals surface area contributed by atoms with Crippen LogP contribution in [0.25, 0.3) is 0 Å². The van der Waals surface area contributed by atoms with Crippen LogP contribution in [0.1, 0.15) is 25.8 Å². The van der Waals surface area contributed by atoms with E-state index in [-0.39, 0.29) is 11.9 Å². The predicted octanol–water partition coefficient (Wildman–Crippen LogP) is 1.07. The molecule has 1 unspecified atom stereocenters. The zero-order valence-electron chi connectivity index (χ0n) is 9.81. The number of nitrogens with zero attached hydrogens (tertiary/aromatic N) is 1. The van der Waals surface area contributed by atoms with E-state index in [1.54, 1.807) is 12.4 Å². The molecule has 0 spiro atoms. The first-order chi connectivity index (χ1) is 7.59. The fourth-order valence-corrected chi connectivity index (χ4v) is 1.52. The molecule has 0 bridgehead atoms. The van der Waals surface area contributed by atoms with Crippen LogP contribution in [-0.2, 0) is 11.3 Å². The Labute approximate surface area is 96.3 Å². The van der Waals surface area contributed by atoms with Gasteiger partial charge in [0.05, 0.1) is 6.04 Å². The van der Waals surface area contributed by atoms with Gasteiger partial charge in [-0.3, -0.25) is 9.78 Å². The van der Waals surface area contributed by atoms with Crippen molar-refractivity contribution in [1.82, 2.24) is 10.3 Å². The summed E-state index contributed by atoms with van der Waals surface area (Å²) >= 11 is 0. The third-order valence-corrected chi connectivity index (χ3v) is 2.33. The lowest BCUT2D eigenvalue weighted by molar-refractivity contribution is -0.120. The van der Waals surface area contributed by atoms with Crippen molar-refractivity contribution in [2.45, 2.75) is 32.9 Å². The summed E-state index contributed by atoms with van der Waals surface area (Å²) in [6.45, 7) is 4.76. The van der Waals surface area contributed by atoms with Crippen molar-refractivity contribution in [2.75, 3.05) is 0 Å². The van der Waals surface area contributed by atoms with E-state index in [0.29, 0.717) is 12.5 Å². The van der Waals surface area contributed by atoms with Gasteiger partial charge < -0.3 is 11.1 Å². The highest BCUT2D eigenvalue weighted by Crippen LogP contribution is 2.05. The zero-order chi connectivity index (χ0) is 12.0. The number of rotatable bonds is 6. The Morgan fingerprint density at radius 2 is 2.31 bits per heavy atom. The molecule has 0 aliphatic carbocycles. The molecule has 0 radical (unpaired) electrons. The molecule has 0 saturated heterocycles. The lowest BCUT2D eigenvalue weighted by Crippen LogP contribution is -2.41. The molecule has 0 aliphatic heterocycles. The number of aromatic nitrogens is 1. The largest absolute Gasteiger partial charge is 0.368 e. The Morgan fingerprint density at radius 1 is 1.56 bits per heavy atom. The van der Waals surface area contributed by atoms with E-state index >= 15 is 0 Å². The molecule has 3 N–H and O–H groups in total. The minimum Gasteiger partial charge on any atom is -0.368 e. The summed E-state index contributed by atoms with van der Waals surface area (Å²) in [7, 11) is 0. The van der Waals surface area contributed by atoms with Crippen molar-refractivity contribution >= 4 is 5.91 Å². The SMILES string of the molecule is CC(C)CC(NCc1cccnc1)C(N)=O. The van der Waals surface area contributed by atoms with Gasteiger partial charge in [-0.2, -0.15) is 0 Å². The first-order valence-electron chi connectivity index (χ1n) is 5.51. The van der Waals surface area contributed by atoms with Crippen molar-refractivity contribution in [3.8, 4) is 0 Å². The second-order valence-electron chi connectivity index (χ2n) is 4.33. The maximum Gasteiger partial charge on any atom is 0.234 e. The number of hydrogen-bond acceptors (Lipinski definition) is 3. The highest BCUT2D eigenvalue weighted by Gasteiger charge is 2.15. The van der Waals surface area contributed by atoms with E-state index in [4.69, 9.17) is 5.73 Å². The molecule has 1 heterocycles. The quantitative estimate of drug-likeness (QED) is 0.755. The average Bonchev–Trinajstić information content (AvgIpc) is 2.25. The summed E-state index contributed by atoms with van der Waals surface area (Å²) in [5, 5.41) is 3.15. The van der Waals surface area contributed by atoms with E-state index in [1.165, 1.54) is 0 Å². The number of primary amides is 1. The van der Waals surface area contributed by atoms with Crippen LogP contribution in [0.3, 0.4) is 0 Å². The van der Waals surface area contributed by atoms with Gasteiger partial charge in [0.15, 0.2) is 0 Å². The number of amides is 1. The van der Waals surface area contributed by atoms with Crippen LogP contribution in [0.2, 0.25) is 0 Å². The molecule has 1 aromatic rings. The summed E-state index contributed by atoms with van der Waals surface area (Å²) < 4.78 is 0. The summed E-state index contributed by atoms with van der Waals surface area (Å²) in [5.74, 6) is 0.150. The van der Waals surface area contributed by atoms with Crippen LogP contribution in [0.5, 0.6) is 0 Å². The molecule has 0 aliphatic rings. The normalized spacial score (nSPS) is 12.7. The molecule has 4 heteroatoms. The summed E-state index contributed by atoms with van der Waals surface area (Å²) in [4.78, 5) is 15.2. The molecular weight excluding hydrogens is 202 g/mol. The molecular formula is C12H19N3O. The van der Waals surface area contributed by atoms with Gasteiger partial charge in [0, 0.05) is 18.9 Å². The molecule has 1 atom stereocenters. The molecule has 4 nitrogen and oxygen atoms in total. The highest BCUT2D eigenvalue weighted by molar-refractivity contribution is 5.79. The highest BCUT2D eigenvalue weighted by atomic mass is 16.1. The Bertz CT molecular complexity index is 324. The number of pyridine rings is 1. The van der Waals surface area contributed by atoms with Gasteiger partial charge in [-0.1, -0.05) is 19.9 Å². The minimum absolute atomic E-state index is 0.264. The molecule has 1 rings (SSSR count). The van der Waals surface area contributed by atoms with E-state index < -0.39 is 0 Å². The van der Waals surface area contributed by atoms with Crippen LogP contribution in [-0.4, -0.2) is 16.9 Å². The molecule has 0 aromatic carbocycles. The van der Waals surface area contributed by atoms with Crippen molar-refractivity contribution < 1.29 is 4.79 Å². The molecule has 0 saturated carbocycles. The second kappa shape index (κ2) is 6.23. The van der Waals surface area contributed by atoms with Crippen LogP contribution >= 0.6 is 0 Å². The lowest BCUT2D eigenvalue weighted by Gasteiger charge is -2.17. The Balaban J connectivity index is 2.47. The van der Waals surface area contributed by atoms with Gasteiger partial charge in [-0.05, 0) is 24.0 Å². The molecule has 1 aromatic heterocycles. The van der Waals surface area contributed by atoms with Crippen molar-refractivity contribution in [2.24, 2.45) is 11.7 Å². The average molecular weight is 221 g/mol. The topological polar surface area (TPSA) is 68.0 Å². The summed E-state index contributed by atoms with van der Waals surface area (Å²) in [5.41, 5.74) is 6.39. The fraction of sp³-hybridized carbons (Fsp3) is 0.500. The molecule has 0 fully saturated rings. The maximum absolute atomic E-state index is 11.2. The van der Waals surface area contributed by atoms with E-state index in [0.717, 1.165) is 12.0 Å². The zero-order valence-corrected chi connectivity index (χ0v) is 9.81. The van der Waals surface area contributed by atoms with E-state index in [9.17, 15) is 4.79 Å². The number of carbonyl (C=O) groups excluding carboxylic acids is 1. The Kier molecular flexibility index (Phi) is 4.92. The number of hydrogen-bond donors (Lipinski definition) is 2. The Hall–Kier alpha value is -1.42. The van der Waals surface area contributed by atoms with Crippen LogP contribution in [0, 0.1) is 5.92 Å². The van der Waals surface area contributed by atoms with Gasteiger partial charge in [0.25, 0.3) is 0 Å². The van der Waals surface area contributed by atoms with Gasteiger partial charge in [-0.25, -0.2) is 0 Å². The van der Waals surface area contributed by atoms with Gasteiger partial charge in [-0.15, -0.1) is 0 Å².